The maximum absolute atomic E-state index is 12.1. The molecular weight excluding hydrogens is 220 g/mol. The Morgan fingerprint density at radius 1 is 1.41 bits per heavy atom. The summed E-state index contributed by atoms with van der Waals surface area (Å²) in [5.74, 6) is 0.166. The number of rotatable bonds is 9. The summed E-state index contributed by atoms with van der Waals surface area (Å²) in [5, 5.41) is 8.96. The van der Waals surface area contributed by atoms with Crippen LogP contribution < -0.4 is 0 Å². The summed E-state index contributed by atoms with van der Waals surface area (Å²) in [6.07, 6.45) is 2.27. The van der Waals surface area contributed by atoms with Gasteiger partial charge in [-0.25, -0.2) is 0 Å². The zero-order valence-corrected chi connectivity index (χ0v) is 10.9. The zero-order valence-electron chi connectivity index (χ0n) is 10.9. The molecule has 0 bridgehead atoms. The highest BCUT2D eigenvalue weighted by atomic mass is 16.5. The Morgan fingerprint density at radius 2 is 2.12 bits per heavy atom. The first-order chi connectivity index (χ1) is 8.22. The summed E-state index contributed by atoms with van der Waals surface area (Å²) in [4.78, 5) is 15.9. The number of aliphatic hydroxyl groups excluding tert-OH is 1. The third kappa shape index (κ3) is 5.02. The molecule has 5 heteroatoms. The van der Waals surface area contributed by atoms with E-state index in [9.17, 15) is 4.79 Å². The minimum atomic E-state index is 0.0759. The van der Waals surface area contributed by atoms with E-state index in [-0.39, 0.29) is 12.5 Å². The van der Waals surface area contributed by atoms with Crippen LogP contribution in [0.25, 0.3) is 0 Å². The monoisotopic (exact) mass is 244 g/mol. The molecule has 0 heterocycles. The number of hydrogen-bond donors (Lipinski definition) is 1. The van der Waals surface area contributed by atoms with Gasteiger partial charge < -0.3 is 14.7 Å². The second kappa shape index (κ2) is 7.63. The third-order valence-electron chi connectivity index (χ3n) is 3.04. The number of carbonyl (C=O) groups excluding carboxylic acids is 1. The van der Waals surface area contributed by atoms with Crippen molar-refractivity contribution in [2.45, 2.75) is 25.8 Å². The molecule has 1 amide bonds. The molecule has 0 spiro atoms. The van der Waals surface area contributed by atoms with Crippen molar-refractivity contribution in [1.82, 2.24) is 9.80 Å². The quantitative estimate of drug-likeness (QED) is 0.617. The van der Waals surface area contributed by atoms with E-state index in [4.69, 9.17) is 9.84 Å². The van der Waals surface area contributed by atoms with Crippen molar-refractivity contribution < 1.29 is 14.6 Å². The first-order valence-electron chi connectivity index (χ1n) is 6.34. The van der Waals surface area contributed by atoms with Crippen LogP contribution in [0.3, 0.4) is 0 Å². The van der Waals surface area contributed by atoms with Crippen LogP contribution in [0, 0.1) is 0 Å². The molecule has 1 N–H and O–H groups in total. The van der Waals surface area contributed by atoms with Gasteiger partial charge in [0, 0.05) is 32.8 Å². The Labute approximate surface area is 103 Å². The van der Waals surface area contributed by atoms with E-state index in [1.165, 1.54) is 0 Å². The van der Waals surface area contributed by atoms with E-state index in [1.54, 1.807) is 7.11 Å². The number of aliphatic hydroxyl groups is 1. The highest BCUT2D eigenvalue weighted by Crippen LogP contribution is 2.26. The Hall–Kier alpha value is -0.650. The number of methoxy groups -OCH3 is 1. The van der Waals surface area contributed by atoms with Gasteiger partial charge in [-0.3, -0.25) is 9.69 Å². The SMILES string of the molecule is CCN(C(=O)CN(CCO)CCOC)C1CC1. The predicted octanol–water partition coefficient (Wildman–Crippen LogP) is -0.0620. The fourth-order valence-corrected chi connectivity index (χ4v) is 1.94. The van der Waals surface area contributed by atoms with E-state index in [0.29, 0.717) is 32.3 Å². The van der Waals surface area contributed by atoms with E-state index in [2.05, 4.69) is 0 Å². The molecule has 1 saturated carbocycles. The Balaban J connectivity index is 2.37. The standard InChI is InChI=1S/C12H24N2O3/c1-3-14(11-4-5-11)12(16)10-13(6-8-15)7-9-17-2/h11,15H,3-10H2,1-2H3. The molecule has 5 nitrogen and oxygen atoms in total. The van der Waals surface area contributed by atoms with Crippen molar-refractivity contribution in [3.8, 4) is 0 Å². The maximum atomic E-state index is 12.1. The van der Waals surface area contributed by atoms with Gasteiger partial charge in [-0.05, 0) is 19.8 Å². The average Bonchev–Trinajstić information content (AvgIpc) is 3.11. The number of nitrogens with zero attached hydrogens (tertiary/aromatic N) is 2. The minimum absolute atomic E-state index is 0.0759. The van der Waals surface area contributed by atoms with Gasteiger partial charge in [0.15, 0.2) is 0 Å². The number of hydrogen-bond acceptors (Lipinski definition) is 4. The van der Waals surface area contributed by atoms with Crippen LogP contribution in [0.2, 0.25) is 0 Å². The molecule has 1 fully saturated rings. The molecule has 0 saturated heterocycles. The van der Waals surface area contributed by atoms with Crippen LogP contribution in [0.1, 0.15) is 19.8 Å². The molecule has 0 aliphatic heterocycles. The van der Waals surface area contributed by atoms with Crippen LogP contribution in [-0.2, 0) is 9.53 Å². The molecule has 0 aromatic rings. The van der Waals surface area contributed by atoms with Gasteiger partial charge in [-0.15, -0.1) is 0 Å². The molecule has 0 aromatic heterocycles. The van der Waals surface area contributed by atoms with Gasteiger partial charge >= 0.3 is 0 Å². The second-order valence-corrected chi connectivity index (χ2v) is 4.40. The van der Waals surface area contributed by atoms with Gasteiger partial charge in [0.1, 0.15) is 0 Å². The molecule has 1 aliphatic rings. The average molecular weight is 244 g/mol. The lowest BCUT2D eigenvalue weighted by molar-refractivity contribution is -0.133. The van der Waals surface area contributed by atoms with Crippen molar-refractivity contribution >= 4 is 5.91 Å². The molecule has 100 valence electrons. The number of carbonyl (C=O) groups is 1. The van der Waals surface area contributed by atoms with Gasteiger partial charge in [-0.2, -0.15) is 0 Å². The summed E-state index contributed by atoms with van der Waals surface area (Å²) in [6.45, 7) is 5.05. The first-order valence-corrected chi connectivity index (χ1v) is 6.34. The predicted molar refractivity (Wildman–Crippen MR) is 65.8 cm³/mol. The number of amides is 1. The van der Waals surface area contributed by atoms with Crippen LogP contribution in [0.15, 0.2) is 0 Å². The molecule has 0 aromatic carbocycles. The van der Waals surface area contributed by atoms with E-state index >= 15 is 0 Å². The Kier molecular flexibility index (Phi) is 6.47. The number of likely N-dealkylation sites (N-methyl/N-ethyl adjacent to an activating group) is 1. The largest absolute Gasteiger partial charge is 0.395 e. The maximum Gasteiger partial charge on any atom is 0.236 e. The molecule has 0 atom stereocenters. The fourth-order valence-electron chi connectivity index (χ4n) is 1.94. The van der Waals surface area contributed by atoms with Gasteiger partial charge in [0.05, 0.1) is 19.8 Å². The summed E-state index contributed by atoms with van der Waals surface area (Å²) in [5.41, 5.74) is 0. The van der Waals surface area contributed by atoms with Crippen molar-refractivity contribution in [2.24, 2.45) is 0 Å². The highest BCUT2D eigenvalue weighted by Gasteiger charge is 2.31. The molecule has 1 aliphatic carbocycles. The van der Waals surface area contributed by atoms with Gasteiger partial charge in [0.25, 0.3) is 0 Å². The lowest BCUT2D eigenvalue weighted by atomic mass is 10.3. The van der Waals surface area contributed by atoms with Gasteiger partial charge in [0.2, 0.25) is 5.91 Å². The van der Waals surface area contributed by atoms with E-state index in [1.807, 2.05) is 16.7 Å². The third-order valence-corrected chi connectivity index (χ3v) is 3.04. The molecule has 0 radical (unpaired) electrons. The first kappa shape index (κ1) is 14.4. The molecule has 0 unspecified atom stereocenters. The van der Waals surface area contributed by atoms with Gasteiger partial charge in [-0.1, -0.05) is 0 Å². The van der Waals surface area contributed by atoms with E-state index in [0.717, 1.165) is 19.4 Å². The Bertz CT molecular complexity index is 232. The summed E-state index contributed by atoms with van der Waals surface area (Å²) in [6, 6.07) is 0.464. The molecule has 17 heavy (non-hydrogen) atoms. The molecule has 1 rings (SSSR count). The number of ether oxygens (including phenoxy) is 1. The second-order valence-electron chi connectivity index (χ2n) is 4.40. The summed E-state index contributed by atoms with van der Waals surface area (Å²) >= 11 is 0. The fraction of sp³-hybridized carbons (Fsp3) is 0.917. The Morgan fingerprint density at radius 3 is 2.59 bits per heavy atom. The lowest BCUT2D eigenvalue weighted by Gasteiger charge is -2.26. The smallest absolute Gasteiger partial charge is 0.236 e. The van der Waals surface area contributed by atoms with Crippen LogP contribution in [-0.4, -0.2) is 73.4 Å². The zero-order chi connectivity index (χ0) is 12.7. The van der Waals surface area contributed by atoms with E-state index < -0.39 is 0 Å². The van der Waals surface area contributed by atoms with Crippen molar-refractivity contribution in [2.75, 3.05) is 46.5 Å². The van der Waals surface area contributed by atoms with Crippen molar-refractivity contribution in [3.63, 3.8) is 0 Å². The van der Waals surface area contributed by atoms with Crippen LogP contribution in [0.4, 0.5) is 0 Å². The lowest BCUT2D eigenvalue weighted by Crippen LogP contribution is -2.43. The minimum Gasteiger partial charge on any atom is -0.395 e. The van der Waals surface area contributed by atoms with Crippen LogP contribution >= 0.6 is 0 Å². The van der Waals surface area contributed by atoms with Crippen molar-refractivity contribution in [3.05, 3.63) is 0 Å². The highest BCUT2D eigenvalue weighted by molar-refractivity contribution is 5.78. The van der Waals surface area contributed by atoms with Crippen LogP contribution in [0.5, 0.6) is 0 Å². The molecular formula is C12H24N2O3. The normalized spacial score (nSPS) is 15.3. The topological polar surface area (TPSA) is 53.0 Å². The van der Waals surface area contributed by atoms with Crippen molar-refractivity contribution in [1.29, 1.82) is 0 Å². The summed E-state index contributed by atoms with van der Waals surface area (Å²) < 4.78 is 5.00. The summed E-state index contributed by atoms with van der Waals surface area (Å²) in [7, 11) is 1.64.